The van der Waals surface area contributed by atoms with E-state index in [9.17, 15) is 31.5 Å². The molecule has 10 heteroatoms. The Labute approximate surface area is 170 Å². The number of piperidine rings is 1. The number of sulfonamides is 1. The van der Waals surface area contributed by atoms with Crippen molar-refractivity contribution in [2.75, 3.05) is 26.3 Å². The second-order valence-electron chi connectivity index (χ2n) is 8.18. The summed E-state index contributed by atoms with van der Waals surface area (Å²) in [6.45, 7) is 0.916. The molecular formula is C19H32F3NO5S. The number of carbonyl (C=O) groups is 1. The molecule has 0 atom stereocenters. The molecule has 170 valence electrons. The summed E-state index contributed by atoms with van der Waals surface area (Å²) in [6.07, 6.45) is 0.835. The van der Waals surface area contributed by atoms with Gasteiger partial charge < -0.3 is 9.84 Å². The molecule has 0 aromatic rings. The Morgan fingerprint density at radius 1 is 1.03 bits per heavy atom. The van der Waals surface area contributed by atoms with Gasteiger partial charge in [-0.3, -0.25) is 4.79 Å². The van der Waals surface area contributed by atoms with Crippen LogP contribution in [0.25, 0.3) is 0 Å². The quantitative estimate of drug-likeness (QED) is 0.517. The first-order valence-corrected chi connectivity index (χ1v) is 11.9. The minimum Gasteiger partial charge on any atom is -0.480 e. The summed E-state index contributed by atoms with van der Waals surface area (Å²) in [4.78, 5) is 11.8. The van der Waals surface area contributed by atoms with Crippen LogP contribution in [-0.4, -0.2) is 61.0 Å². The van der Waals surface area contributed by atoms with Crippen molar-refractivity contribution in [3.8, 4) is 0 Å². The van der Waals surface area contributed by atoms with Crippen molar-refractivity contribution in [3.05, 3.63) is 0 Å². The summed E-state index contributed by atoms with van der Waals surface area (Å²) in [6, 6.07) is 0. The SMILES string of the molecule is O=C(O)C1(S(=O)(=O)N2CCC(CCCCCCCC(F)(F)F)CC2)CCOCC1. The van der Waals surface area contributed by atoms with Gasteiger partial charge in [0.2, 0.25) is 10.0 Å². The summed E-state index contributed by atoms with van der Waals surface area (Å²) in [5.74, 6) is -0.916. The van der Waals surface area contributed by atoms with E-state index in [1.807, 2.05) is 0 Å². The minimum atomic E-state index is -4.07. The zero-order valence-corrected chi connectivity index (χ0v) is 17.6. The number of unbranched alkanes of at least 4 members (excludes halogenated alkanes) is 4. The molecule has 2 fully saturated rings. The highest BCUT2D eigenvalue weighted by Gasteiger charge is 2.54. The molecule has 2 heterocycles. The third-order valence-electron chi connectivity index (χ3n) is 6.17. The van der Waals surface area contributed by atoms with Gasteiger partial charge in [0.15, 0.2) is 4.75 Å². The van der Waals surface area contributed by atoms with Gasteiger partial charge in [-0.2, -0.15) is 13.2 Å². The van der Waals surface area contributed by atoms with Crippen LogP contribution in [-0.2, 0) is 19.6 Å². The summed E-state index contributed by atoms with van der Waals surface area (Å²) < 4.78 is 67.1. The molecule has 0 bridgehead atoms. The van der Waals surface area contributed by atoms with E-state index in [2.05, 4.69) is 0 Å². The molecular weight excluding hydrogens is 411 g/mol. The van der Waals surface area contributed by atoms with Crippen LogP contribution in [0, 0.1) is 5.92 Å². The number of rotatable bonds is 10. The van der Waals surface area contributed by atoms with E-state index in [0.29, 0.717) is 38.3 Å². The van der Waals surface area contributed by atoms with E-state index < -0.39 is 33.3 Å². The summed E-state index contributed by atoms with van der Waals surface area (Å²) in [7, 11) is -3.96. The van der Waals surface area contributed by atoms with E-state index in [1.54, 1.807) is 0 Å². The Kier molecular flexibility index (Phi) is 8.78. The van der Waals surface area contributed by atoms with Gasteiger partial charge in [0.25, 0.3) is 0 Å². The molecule has 1 N–H and O–H groups in total. The number of halogens is 3. The van der Waals surface area contributed by atoms with E-state index in [1.165, 1.54) is 4.31 Å². The number of carboxylic acid groups (broad SMARTS) is 1. The second kappa shape index (κ2) is 10.4. The Balaban J connectivity index is 1.72. The molecule has 2 aliphatic rings. The number of nitrogens with zero attached hydrogens (tertiary/aromatic N) is 1. The number of aliphatic carboxylic acids is 1. The maximum atomic E-state index is 13.1. The van der Waals surface area contributed by atoms with Crippen molar-refractivity contribution in [2.24, 2.45) is 5.92 Å². The first kappa shape index (κ1) is 24.4. The summed E-state index contributed by atoms with van der Waals surface area (Å²) in [5.41, 5.74) is 0. The van der Waals surface area contributed by atoms with Crippen LogP contribution in [0.15, 0.2) is 0 Å². The minimum absolute atomic E-state index is 0.0288. The van der Waals surface area contributed by atoms with Crippen molar-refractivity contribution < 1.29 is 36.2 Å². The summed E-state index contributed by atoms with van der Waals surface area (Å²) in [5, 5.41) is 9.63. The maximum Gasteiger partial charge on any atom is 0.389 e. The molecule has 2 aliphatic heterocycles. The van der Waals surface area contributed by atoms with Crippen LogP contribution in [0.1, 0.15) is 70.6 Å². The highest BCUT2D eigenvalue weighted by molar-refractivity contribution is 7.91. The number of carboxylic acids is 1. The van der Waals surface area contributed by atoms with Crippen molar-refractivity contribution in [1.82, 2.24) is 4.31 Å². The second-order valence-corrected chi connectivity index (χ2v) is 10.4. The van der Waals surface area contributed by atoms with Crippen LogP contribution in [0.4, 0.5) is 13.2 Å². The standard InChI is InChI=1S/C19H32F3NO5S/c20-19(21,22)9-5-3-1-2-4-6-16-7-12-23(13-8-16)29(26,27)18(17(24)25)10-14-28-15-11-18/h16H,1-15H2,(H,24,25). The van der Waals surface area contributed by atoms with Crippen LogP contribution >= 0.6 is 0 Å². The average Bonchev–Trinajstić information content (AvgIpc) is 2.67. The van der Waals surface area contributed by atoms with Gasteiger partial charge in [-0.15, -0.1) is 0 Å². The fraction of sp³-hybridized carbons (Fsp3) is 0.947. The lowest BCUT2D eigenvalue weighted by atomic mass is 9.92. The van der Waals surface area contributed by atoms with E-state index in [-0.39, 0.29) is 32.5 Å². The van der Waals surface area contributed by atoms with Gasteiger partial charge in [0, 0.05) is 45.6 Å². The molecule has 29 heavy (non-hydrogen) atoms. The molecule has 0 aromatic carbocycles. The number of alkyl halides is 3. The lowest BCUT2D eigenvalue weighted by Crippen LogP contribution is -2.57. The van der Waals surface area contributed by atoms with Crippen LogP contribution in [0.3, 0.4) is 0 Å². The molecule has 6 nitrogen and oxygen atoms in total. The van der Waals surface area contributed by atoms with Crippen molar-refractivity contribution in [3.63, 3.8) is 0 Å². The molecule has 0 spiro atoms. The van der Waals surface area contributed by atoms with E-state index in [4.69, 9.17) is 4.74 Å². The number of hydrogen-bond donors (Lipinski definition) is 1. The van der Waals surface area contributed by atoms with E-state index in [0.717, 1.165) is 25.7 Å². The zero-order chi connectivity index (χ0) is 21.5. The molecule has 0 aliphatic carbocycles. The van der Waals surface area contributed by atoms with Crippen LogP contribution < -0.4 is 0 Å². The molecule has 0 amide bonds. The van der Waals surface area contributed by atoms with Gasteiger partial charge in [0.05, 0.1) is 0 Å². The van der Waals surface area contributed by atoms with Gasteiger partial charge in [-0.1, -0.05) is 32.1 Å². The molecule has 2 rings (SSSR count). The Morgan fingerprint density at radius 3 is 2.14 bits per heavy atom. The highest BCUT2D eigenvalue weighted by Crippen LogP contribution is 2.35. The van der Waals surface area contributed by atoms with Crippen LogP contribution in [0.5, 0.6) is 0 Å². The van der Waals surface area contributed by atoms with Gasteiger partial charge >= 0.3 is 12.1 Å². The molecule has 0 unspecified atom stereocenters. The average molecular weight is 444 g/mol. The first-order valence-electron chi connectivity index (χ1n) is 10.5. The Bertz CT molecular complexity index is 624. The topological polar surface area (TPSA) is 83.9 Å². The fourth-order valence-electron chi connectivity index (χ4n) is 4.26. The molecule has 0 aromatic heterocycles. The van der Waals surface area contributed by atoms with Crippen molar-refractivity contribution >= 4 is 16.0 Å². The fourth-order valence-corrected chi connectivity index (χ4v) is 6.35. The largest absolute Gasteiger partial charge is 0.480 e. The van der Waals surface area contributed by atoms with Gasteiger partial charge in [0.1, 0.15) is 0 Å². The van der Waals surface area contributed by atoms with Crippen molar-refractivity contribution in [2.45, 2.75) is 81.6 Å². The third-order valence-corrected chi connectivity index (χ3v) is 8.79. The highest BCUT2D eigenvalue weighted by atomic mass is 32.2. The van der Waals surface area contributed by atoms with Crippen molar-refractivity contribution in [1.29, 1.82) is 0 Å². The predicted octanol–water partition coefficient (Wildman–Crippen LogP) is 3.96. The lowest BCUT2D eigenvalue weighted by Gasteiger charge is -2.39. The molecule has 0 radical (unpaired) electrons. The zero-order valence-electron chi connectivity index (χ0n) is 16.8. The molecule has 0 saturated carbocycles. The number of hydrogen-bond acceptors (Lipinski definition) is 4. The first-order chi connectivity index (χ1) is 13.6. The van der Waals surface area contributed by atoms with Crippen LogP contribution in [0.2, 0.25) is 0 Å². The molecule has 2 saturated heterocycles. The third kappa shape index (κ3) is 6.55. The maximum absolute atomic E-state index is 13.1. The monoisotopic (exact) mass is 443 g/mol. The Morgan fingerprint density at radius 2 is 1.59 bits per heavy atom. The summed E-state index contributed by atoms with van der Waals surface area (Å²) >= 11 is 0. The Hall–Kier alpha value is -0.870. The number of ether oxygens (including phenoxy) is 1. The lowest BCUT2D eigenvalue weighted by molar-refractivity contribution is -0.143. The predicted molar refractivity (Wildman–Crippen MR) is 102 cm³/mol. The normalized spacial score (nSPS) is 21.9. The smallest absolute Gasteiger partial charge is 0.389 e. The van der Waals surface area contributed by atoms with E-state index >= 15 is 0 Å². The van der Waals surface area contributed by atoms with Gasteiger partial charge in [-0.05, 0) is 25.2 Å². The van der Waals surface area contributed by atoms with Gasteiger partial charge in [-0.25, -0.2) is 12.7 Å².